The van der Waals surface area contributed by atoms with Gasteiger partial charge in [0.15, 0.2) is 0 Å². The van der Waals surface area contributed by atoms with E-state index in [1.165, 1.54) is 62.2 Å². The number of nitrogens with zero attached hydrogens (tertiary/aromatic N) is 2. The highest BCUT2D eigenvalue weighted by atomic mass is 19.4. The van der Waals surface area contributed by atoms with Crippen molar-refractivity contribution in [2.45, 2.75) is 51.6 Å². The van der Waals surface area contributed by atoms with E-state index in [1.807, 2.05) is 18.0 Å². The third kappa shape index (κ3) is 4.93. The largest absolute Gasteiger partial charge is 0.416 e. The molecule has 0 N–H and O–H groups in total. The fraction of sp³-hybridized carbons (Fsp3) is 0.200. The van der Waals surface area contributed by atoms with Gasteiger partial charge in [0.25, 0.3) is 0 Å². The van der Waals surface area contributed by atoms with Crippen molar-refractivity contribution in [1.29, 1.82) is 0 Å². The SMILES string of the molecule is Cc1ccc2c(c1)C(C)(C)c1cc(N(c3ccccc3)c3ccc4c(c3)C(C)(C)c3cc(N(C)c5ccc(C(F)(F)F)cc5)ccc3-4)ccc1-2. The van der Waals surface area contributed by atoms with Crippen molar-refractivity contribution < 1.29 is 13.2 Å². The van der Waals surface area contributed by atoms with Crippen molar-refractivity contribution in [3.05, 3.63) is 161 Å². The molecule has 6 aromatic rings. The number of anilines is 5. The smallest absolute Gasteiger partial charge is 0.345 e. The summed E-state index contributed by atoms with van der Waals surface area (Å²) in [4.78, 5) is 4.30. The van der Waals surface area contributed by atoms with Crippen molar-refractivity contribution in [3.63, 3.8) is 0 Å². The van der Waals surface area contributed by atoms with E-state index in [9.17, 15) is 13.2 Å². The minimum atomic E-state index is -4.36. The van der Waals surface area contributed by atoms with Crippen molar-refractivity contribution in [3.8, 4) is 22.3 Å². The molecule has 0 saturated heterocycles. The maximum absolute atomic E-state index is 13.2. The van der Waals surface area contributed by atoms with E-state index in [-0.39, 0.29) is 10.8 Å². The van der Waals surface area contributed by atoms with E-state index in [0.717, 1.165) is 34.9 Å². The summed E-state index contributed by atoms with van der Waals surface area (Å²) in [5.74, 6) is 0. The van der Waals surface area contributed by atoms with Gasteiger partial charge < -0.3 is 9.80 Å². The van der Waals surface area contributed by atoms with Crippen LogP contribution in [0.2, 0.25) is 0 Å². The molecule has 0 saturated carbocycles. The standard InChI is InChI=1S/C45H39F3N2/c1-28-12-20-35-37-22-18-33(26-41(37)43(2,3)39(35)24-28)50(31-10-8-7-9-11-31)34-19-23-38-36-21-17-32(25-40(36)44(4,5)42(38)27-34)49(6)30-15-13-29(14-16-30)45(46,47)48/h7-27H,1-6H3. The van der Waals surface area contributed by atoms with Gasteiger partial charge in [0, 0.05) is 46.3 Å². The van der Waals surface area contributed by atoms with E-state index in [1.54, 1.807) is 0 Å². The lowest BCUT2D eigenvalue weighted by Gasteiger charge is -2.30. The second kappa shape index (κ2) is 11.1. The Bertz CT molecular complexity index is 2280. The highest BCUT2D eigenvalue weighted by Crippen LogP contribution is 2.53. The Kier molecular flexibility index (Phi) is 7.10. The predicted molar refractivity (Wildman–Crippen MR) is 200 cm³/mol. The Hall–Kier alpha value is -5.29. The molecule has 250 valence electrons. The molecule has 5 heteroatoms. The Balaban J connectivity index is 1.18. The van der Waals surface area contributed by atoms with Crippen molar-refractivity contribution in [2.24, 2.45) is 0 Å². The van der Waals surface area contributed by atoms with Crippen LogP contribution < -0.4 is 9.80 Å². The van der Waals surface area contributed by atoms with Crippen molar-refractivity contribution in [2.75, 3.05) is 16.8 Å². The second-order valence-electron chi connectivity index (χ2n) is 14.8. The van der Waals surface area contributed by atoms with Crippen LogP contribution in [0.15, 0.2) is 127 Å². The van der Waals surface area contributed by atoms with E-state index in [0.29, 0.717) is 5.69 Å². The Labute approximate surface area is 292 Å². The van der Waals surface area contributed by atoms with E-state index in [4.69, 9.17) is 0 Å². The minimum absolute atomic E-state index is 0.123. The fourth-order valence-electron chi connectivity index (χ4n) is 8.09. The number of hydrogen-bond donors (Lipinski definition) is 0. The lowest BCUT2D eigenvalue weighted by molar-refractivity contribution is -0.137. The van der Waals surface area contributed by atoms with Gasteiger partial charge in [0.05, 0.1) is 5.56 Å². The quantitative estimate of drug-likeness (QED) is 0.181. The topological polar surface area (TPSA) is 6.48 Å². The zero-order valence-electron chi connectivity index (χ0n) is 29.2. The molecule has 0 bridgehead atoms. The molecule has 2 nitrogen and oxygen atoms in total. The number of fused-ring (bicyclic) bond motifs is 6. The van der Waals surface area contributed by atoms with Crippen molar-refractivity contribution >= 4 is 28.4 Å². The van der Waals surface area contributed by atoms with Gasteiger partial charge in [0.2, 0.25) is 0 Å². The number of aryl methyl sites for hydroxylation is 1. The molecule has 0 spiro atoms. The van der Waals surface area contributed by atoms with Crippen molar-refractivity contribution in [1.82, 2.24) is 0 Å². The van der Waals surface area contributed by atoms with Gasteiger partial charge >= 0.3 is 6.18 Å². The molecule has 0 atom stereocenters. The number of hydrogen-bond acceptors (Lipinski definition) is 2. The molecular formula is C45H39F3N2. The van der Waals surface area contributed by atoms with Gasteiger partial charge in [-0.2, -0.15) is 13.2 Å². The predicted octanol–water partition coefficient (Wildman–Crippen LogP) is 12.9. The zero-order chi connectivity index (χ0) is 35.2. The Morgan fingerprint density at radius 3 is 1.38 bits per heavy atom. The van der Waals surface area contributed by atoms with Crippen LogP contribution in [-0.2, 0) is 17.0 Å². The average molecular weight is 665 g/mol. The molecule has 0 aromatic heterocycles. The molecule has 8 rings (SSSR count). The van der Waals surface area contributed by atoms with Gasteiger partial charge in [0.1, 0.15) is 0 Å². The van der Waals surface area contributed by atoms with Crippen LogP contribution in [0.1, 0.15) is 61.1 Å². The summed E-state index contributed by atoms with van der Waals surface area (Å²) in [6.45, 7) is 11.3. The maximum atomic E-state index is 13.2. The fourth-order valence-corrected chi connectivity index (χ4v) is 8.09. The summed E-state index contributed by atoms with van der Waals surface area (Å²) < 4.78 is 39.6. The first-order chi connectivity index (χ1) is 23.7. The molecule has 6 aromatic carbocycles. The molecule has 0 heterocycles. The highest BCUT2D eigenvalue weighted by Gasteiger charge is 2.38. The lowest BCUT2D eigenvalue weighted by atomic mass is 9.81. The molecule has 2 aliphatic carbocycles. The molecule has 0 fully saturated rings. The number of rotatable bonds is 5. The van der Waals surface area contributed by atoms with Gasteiger partial charge in [-0.15, -0.1) is 0 Å². The van der Waals surface area contributed by atoms with Gasteiger partial charge in [-0.1, -0.05) is 87.9 Å². The van der Waals surface area contributed by atoms with E-state index >= 15 is 0 Å². The van der Waals surface area contributed by atoms with Crippen LogP contribution in [0.4, 0.5) is 41.6 Å². The van der Waals surface area contributed by atoms with Crippen LogP contribution in [-0.4, -0.2) is 7.05 Å². The molecular weight excluding hydrogens is 626 g/mol. The van der Waals surface area contributed by atoms with Crippen LogP contribution in [0.25, 0.3) is 22.3 Å². The van der Waals surface area contributed by atoms with E-state index in [2.05, 4.69) is 137 Å². The highest BCUT2D eigenvalue weighted by molar-refractivity contribution is 5.89. The molecule has 0 unspecified atom stereocenters. The zero-order valence-corrected chi connectivity index (χ0v) is 29.2. The van der Waals surface area contributed by atoms with Gasteiger partial charge in [-0.3, -0.25) is 0 Å². The van der Waals surface area contributed by atoms with E-state index < -0.39 is 11.7 Å². The van der Waals surface area contributed by atoms with Gasteiger partial charge in [-0.05, 0) is 124 Å². The number of para-hydroxylation sites is 1. The summed E-state index contributed by atoms with van der Waals surface area (Å²) in [5.41, 5.74) is 15.2. The first kappa shape index (κ1) is 31.9. The first-order valence-corrected chi connectivity index (χ1v) is 17.1. The summed E-state index contributed by atoms with van der Waals surface area (Å²) in [6.07, 6.45) is -4.36. The summed E-state index contributed by atoms with van der Waals surface area (Å²) >= 11 is 0. The minimum Gasteiger partial charge on any atom is -0.345 e. The van der Waals surface area contributed by atoms with Crippen LogP contribution >= 0.6 is 0 Å². The van der Waals surface area contributed by atoms with Crippen LogP contribution in [0.5, 0.6) is 0 Å². The molecule has 0 amide bonds. The summed E-state index contributed by atoms with van der Waals surface area (Å²) in [5, 5.41) is 0. The van der Waals surface area contributed by atoms with Gasteiger partial charge in [-0.25, -0.2) is 0 Å². The monoisotopic (exact) mass is 664 g/mol. The van der Waals surface area contributed by atoms with Crippen LogP contribution in [0, 0.1) is 6.92 Å². The second-order valence-corrected chi connectivity index (χ2v) is 14.8. The first-order valence-electron chi connectivity index (χ1n) is 17.1. The summed E-state index contributed by atoms with van der Waals surface area (Å²) in [7, 11) is 1.90. The maximum Gasteiger partial charge on any atom is 0.416 e. The Morgan fingerprint density at radius 1 is 0.460 bits per heavy atom. The normalized spacial score (nSPS) is 14.8. The Morgan fingerprint density at radius 2 is 0.880 bits per heavy atom. The third-order valence-electron chi connectivity index (χ3n) is 11.0. The molecule has 0 radical (unpaired) electrons. The number of halogens is 3. The number of alkyl halides is 3. The lowest BCUT2D eigenvalue weighted by Crippen LogP contribution is -2.18. The molecule has 0 aliphatic heterocycles. The number of benzene rings is 6. The molecule has 2 aliphatic rings. The van der Waals surface area contributed by atoms with Crippen LogP contribution in [0.3, 0.4) is 0 Å². The summed E-state index contributed by atoms with van der Waals surface area (Å²) in [6, 6.07) is 42.7. The average Bonchev–Trinajstić information content (AvgIpc) is 3.46. The third-order valence-corrected chi connectivity index (χ3v) is 11.0. The molecule has 50 heavy (non-hydrogen) atoms.